The van der Waals surface area contributed by atoms with E-state index in [0.29, 0.717) is 55.9 Å². The Balaban J connectivity index is 0.624. The number of allylic oxidation sites excluding steroid dienone is 1. The first kappa shape index (κ1) is 83.1. The average Bonchev–Trinajstić information content (AvgIpc) is 1.00. The van der Waals surface area contributed by atoms with Crippen molar-refractivity contribution < 1.29 is 50.7 Å². The number of piperazine rings is 1. The highest BCUT2D eigenvalue weighted by molar-refractivity contribution is 7.99. The number of aryl methyl sites for hydroxylation is 1. The molecule has 588 valence electrons. The van der Waals surface area contributed by atoms with Gasteiger partial charge in [0.2, 0.25) is 23.6 Å². The van der Waals surface area contributed by atoms with Crippen LogP contribution in [-0.4, -0.2) is 210 Å². The molecular formula is C84H110ClN9O11S4. The Hall–Kier alpha value is -6.84. The maximum atomic E-state index is 14.3. The van der Waals surface area contributed by atoms with E-state index in [9.17, 15) is 45.9 Å². The number of aromatic nitrogens is 1. The number of halogens is 1. The number of sulfone groups is 2. The van der Waals surface area contributed by atoms with Crippen molar-refractivity contribution in [2.45, 2.75) is 170 Å². The lowest BCUT2D eigenvalue weighted by Crippen LogP contribution is -2.57. The molecule has 4 fully saturated rings. The van der Waals surface area contributed by atoms with Gasteiger partial charge in [0.15, 0.2) is 25.5 Å². The second-order valence-corrected chi connectivity index (χ2v) is 38.5. The van der Waals surface area contributed by atoms with Crippen LogP contribution >= 0.6 is 34.7 Å². The van der Waals surface area contributed by atoms with Crippen molar-refractivity contribution >= 4 is 95.0 Å². The molecule has 5 heterocycles. The van der Waals surface area contributed by atoms with Crippen molar-refractivity contribution in [3.05, 3.63) is 165 Å². The number of rotatable bonds is 32. The third-order valence-corrected chi connectivity index (χ3v) is 27.5. The van der Waals surface area contributed by atoms with Crippen molar-refractivity contribution in [1.82, 2.24) is 40.5 Å². The molecule has 0 saturated carbocycles. The number of Topliss-reactive ketones (excluding diaryl/α,β-unsaturated/α-hetero) is 1. The zero-order valence-electron chi connectivity index (χ0n) is 64.3. The van der Waals surface area contributed by atoms with Crippen molar-refractivity contribution in [2.75, 3.05) is 114 Å². The van der Waals surface area contributed by atoms with Gasteiger partial charge in [0.1, 0.15) is 17.8 Å². The van der Waals surface area contributed by atoms with Gasteiger partial charge in [-0.3, -0.25) is 33.8 Å². The molecule has 7 atom stereocenters. The fourth-order valence-electron chi connectivity index (χ4n) is 16.1. The monoisotopic (exact) mass is 1580 g/mol. The van der Waals surface area contributed by atoms with E-state index in [1.54, 1.807) is 41.3 Å². The number of thiazole rings is 1. The normalized spacial score (nSPS) is 20.9. The number of aliphatic hydroxyl groups excluding tert-OH is 1. The Morgan fingerprint density at radius 3 is 2.17 bits per heavy atom. The topological polar surface area (TPSA) is 248 Å². The Morgan fingerprint density at radius 2 is 1.50 bits per heavy atom. The van der Waals surface area contributed by atoms with Gasteiger partial charge in [-0.1, -0.05) is 112 Å². The Kier molecular flexibility index (Phi) is 28.7. The van der Waals surface area contributed by atoms with Crippen molar-refractivity contribution in [3.8, 4) is 10.4 Å². The number of unbranched alkanes of at least 4 members (excludes halogenated alkanes) is 2. The highest BCUT2D eigenvalue weighted by Gasteiger charge is 2.45. The van der Waals surface area contributed by atoms with E-state index in [2.05, 4.69) is 71.7 Å². The summed E-state index contributed by atoms with van der Waals surface area (Å²) in [4.78, 5) is 86.6. The summed E-state index contributed by atoms with van der Waals surface area (Å²) in [5.41, 5.74) is 9.77. The number of hydrogen-bond donors (Lipinski definition) is 4. The van der Waals surface area contributed by atoms with Crippen LogP contribution in [0.5, 0.6) is 0 Å². The molecule has 20 nitrogen and oxygen atoms in total. The highest BCUT2D eigenvalue weighted by atomic mass is 35.5. The number of ether oxygens (including phenoxy) is 1. The molecule has 25 heteroatoms. The molecule has 5 aromatic carbocycles. The lowest BCUT2D eigenvalue weighted by atomic mass is 9.71. The number of carbonyl (C=O) groups excluding carboxylic acids is 5. The lowest BCUT2D eigenvalue weighted by molar-refractivity contribution is -0.144. The van der Waals surface area contributed by atoms with Crippen molar-refractivity contribution in [3.63, 3.8) is 0 Å². The Morgan fingerprint density at radius 1 is 0.798 bits per heavy atom. The second-order valence-electron chi connectivity index (χ2n) is 32.1. The number of piperidine rings is 1. The number of likely N-dealkylation sites (tertiary alicyclic amines) is 2. The average molecular weight is 1590 g/mol. The van der Waals surface area contributed by atoms with E-state index in [0.717, 1.165) is 155 Å². The van der Waals surface area contributed by atoms with E-state index >= 15 is 0 Å². The number of thioether (sulfide) groups is 1. The largest absolute Gasteiger partial charge is 0.391 e. The number of aliphatic hydroxyl groups is 1. The Labute approximate surface area is 658 Å². The van der Waals surface area contributed by atoms with Crippen molar-refractivity contribution in [1.29, 1.82) is 0 Å². The highest BCUT2D eigenvalue weighted by Crippen LogP contribution is 2.45. The van der Waals surface area contributed by atoms with E-state index in [1.165, 1.54) is 33.7 Å². The van der Waals surface area contributed by atoms with Crippen LogP contribution in [0.4, 0.5) is 5.69 Å². The van der Waals surface area contributed by atoms with Crippen LogP contribution in [0.1, 0.15) is 150 Å². The lowest BCUT2D eigenvalue weighted by Gasteiger charge is -2.44. The third-order valence-electron chi connectivity index (χ3n) is 22.2. The maximum absolute atomic E-state index is 14.3. The van der Waals surface area contributed by atoms with Gasteiger partial charge in [-0.05, 0) is 190 Å². The first-order valence-corrected chi connectivity index (χ1v) is 44.5. The summed E-state index contributed by atoms with van der Waals surface area (Å²) in [6.45, 7) is 22.4. The molecule has 1 aromatic heterocycles. The molecule has 5 aliphatic rings. The van der Waals surface area contributed by atoms with Gasteiger partial charge in [0, 0.05) is 124 Å². The molecule has 4 saturated heterocycles. The number of anilines is 1. The van der Waals surface area contributed by atoms with Crippen LogP contribution in [0.2, 0.25) is 5.02 Å². The molecule has 0 radical (unpaired) electrons. The number of ketones is 1. The number of carbonyl (C=O) groups is 5. The fourth-order valence-corrected chi connectivity index (χ4v) is 20.4. The van der Waals surface area contributed by atoms with Crippen LogP contribution < -0.4 is 20.9 Å². The fraction of sp³-hybridized carbons (Fsp3) is 0.524. The predicted molar refractivity (Wildman–Crippen MR) is 435 cm³/mol. The van der Waals surface area contributed by atoms with E-state index < -0.39 is 60.7 Å². The SMILES string of the molecule is Cc1ncsc1-c1ccc([C@H](C)NC(=O)[C@@H]2C[C@@H](O)CN2C(=O)[C@@H](NC(=O)CCCCCC(=O)N[C@@H]2CCCN(CC3(C)CCC(c4ccc(Cl)cc4)=C(CN4CCN(c5ccc(C(=O)CS(=O)(=O)c6ccc(C[C@H](CCN7CCOCC7)CSc7ccccc7)c(S(C)(=O)=O)c6)cc5)CC4)C3)C2)C(C)(C)C)cc1. The van der Waals surface area contributed by atoms with Gasteiger partial charge in [0.25, 0.3) is 0 Å². The number of nitrogens with one attached hydrogen (secondary N) is 3. The minimum Gasteiger partial charge on any atom is -0.391 e. The predicted octanol–water partition coefficient (Wildman–Crippen LogP) is 12.2. The molecule has 109 heavy (non-hydrogen) atoms. The van der Waals surface area contributed by atoms with E-state index in [4.69, 9.17) is 16.3 Å². The first-order valence-electron chi connectivity index (χ1n) is 38.7. The van der Waals surface area contributed by atoms with Gasteiger partial charge >= 0.3 is 0 Å². The summed E-state index contributed by atoms with van der Waals surface area (Å²) < 4.78 is 60.4. The maximum Gasteiger partial charge on any atom is 0.246 e. The van der Waals surface area contributed by atoms with Crippen LogP contribution in [0.3, 0.4) is 0 Å². The van der Waals surface area contributed by atoms with Gasteiger partial charge in [-0.25, -0.2) is 21.8 Å². The molecular weight excluding hydrogens is 1470 g/mol. The minimum absolute atomic E-state index is 0.00400. The van der Waals surface area contributed by atoms with Crippen molar-refractivity contribution in [2.24, 2.45) is 16.7 Å². The van der Waals surface area contributed by atoms with E-state index in [-0.39, 0.29) is 75.9 Å². The number of amides is 4. The number of morpholine rings is 1. The molecule has 1 unspecified atom stereocenters. The number of β-amino-alcohol motifs (C(OH)–C–C–N with tert-alkyl or cyclic N) is 1. The smallest absolute Gasteiger partial charge is 0.246 e. The molecule has 0 spiro atoms. The zero-order chi connectivity index (χ0) is 77.6. The van der Waals surface area contributed by atoms with Crippen LogP contribution in [0.25, 0.3) is 16.0 Å². The van der Waals surface area contributed by atoms with Crippen LogP contribution in [0, 0.1) is 23.7 Å². The molecule has 11 rings (SSSR count). The first-order chi connectivity index (χ1) is 52.0. The minimum atomic E-state index is -4.23. The van der Waals surface area contributed by atoms with Crippen LogP contribution in [-0.2, 0) is 50.0 Å². The number of hydrogen-bond acceptors (Lipinski definition) is 18. The summed E-state index contributed by atoms with van der Waals surface area (Å²) in [6, 6.07) is 35.5. The second kappa shape index (κ2) is 37.7. The number of benzene rings is 5. The molecule has 4 N–H and O–H groups in total. The standard InChI is InChI=1S/C84H110ClN9O11S4/c1-58(61-20-22-64(23-21-61)79-59(2)86-57-107-79)87-81(99)74-48-70(95)53-94(74)82(100)80(83(3,4)5)89-78(98)19-13-9-12-18-77(97)88-68-15-14-37-92(52-68)56-84(6)36-34-73(62-24-29-67(85)30-25-62)66(50-84)51-91-39-41-93(42-40-91)69-31-26-63(27-32-69)75(96)55-109(103,104)72-33-28-65(76(49-72)108(7,101)102)47-60(35-38-90-43-45-105-46-44-90)54-106-71-16-10-8-11-17-71/h8,10-11,16-17,20-33,49,57-58,60,68,70,74,80,95H,9,12-15,18-19,34-48,50-56H2,1-7H3,(H,87,99)(H,88,97)(H,89,98)/t58-,60-,68+,70+,74-,80+,84?/m0/s1. The summed E-state index contributed by atoms with van der Waals surface area (Å²) in [5, 5.41) is 20.9. The van der Waals surface area contributed by atoms with Gasteiger partial charge in [-0.15, -0.1) is 23.1 Å². The van der Waals surface area contributed by atoms with Gasteiger partial charge in [-0.2, -0.15) is 0 Å². The summed E-state index contributed by atoms with van der Waals surface area (Å²) in [5.74, 6) is -1.57. The molecule has 4 aliphatic heterocycles. The summed E-state index contributed by atoms with van der Waals surface area (Å²) in [6.07, 6.45) is 8.67. The molecule has 6 aromatic rings. The van der Waals surface area contributed by atoms with Crippen LogP contribution in [0.15, 0.2) is 147 Å². The summed E-state index contributed by atoms with van der Waals surface area (Å²) >= 11 is 9.73. The molecule has 4 amide bonds. The molecule has 1 aliphatic carbocycles. The van der Waals surface area contributed by atoms with E-state index in [1.807, 2.05) is 107 Å². The zero-order valence-corrected chi connectivity index (χ0v) is 68.3. The quantitative estimate of drug-likeness (QED) is 0.0174. The number of nitrogens with zero attached hydrogens (tertiary/aromatic N) is 6. The third kappa shape index (κ3) is 23.2. The molecule has 0 bridgehead atoms. The van der Waals surface area contributed by atoms with Gasteiger partial charge in [0.05, 0.1) is 51.2 Å². The Bertz CT molecular complexity index is 4370. The van der Waals surface area contributed by atoms with Gasteiger partial charge < -0.3 is 40.5 Å². The summed E-state index contributed by atoms with van der Waals surface area (Å²) in [7, 11) is -8.08.